The first-order valence-corrected chi connectivity index (χ1v) is 12.2. The van der Waals surface area contributed by atoms with Gasteiger partial charge in [-0.3, -0.25) is 9.10 Å². The molecule has 34 heavy (non-hydrogen) atoms. The molecule has 3 aromatic carbocycles. The van der Waals surface area contributed by atoms with Crippen LogP contribution in [0.4, 0.5) is 5.69 Å². The lowest BCUT2D eigenvalue weighted by Gasteiger charge is -2.25. The molecule has 0 radical (unpaired) electrons. The molecule has 1 heterocycles. The van der Waals surface area contributed by atoms with Crippen molar-refractivity contribution >= 4 is 33.3 Å². The summed E-state index contributed by atoms with van der Waals surface area (Å²) in [4.78, 5) is 12.4. The van der Waals surface area contributed by atoms with Gasteiger partial charge < -0.3 is 0 Å². The number of hydrogen-bond acceptors (Lipinski definition) is 4. The first-order valence-electron chi connectivity index (χ1n) is 10.8. The number of nitrogens with zero attached hydrogens (tertiary/aromatic N) is 3. The summed E-state index contributed by atoms with van der Waals surface area (Å²) >= 11 is 0. The van der Waals surface area contributed by atoms with Crippen LogP contribution in [0.5, 0.6) is 0 Å². The number of allylic oxidation sites excluding steroid dienone is 1. The van der Waals surface area contributed by atoms with Gasteiger partial charge in [0.15, 0.2) is 5.78 Å². The lowest BCUT2D eigenvalue weighted by atomic mass is 10.1. The van der Waals surface area contributed by atoms with Crippen LogP contribution in [-0.2, 0) is 21.4 Å². The van der Waals surface area contributed by atoms with Crippen LogP contribution in [0, 0.1) is 6.92 Å². The highest BCUT2D eigenvalue weighted by Crippen LogP contribution is 2.27. The Kier molecular flexibility index (Phi) is 6.75. The Balaban J connectivity index is 1.72. The Labute approximate surface area is 199 Å². The zero-order valence-corrected chi connectivity index (χ0v) is 19.8. The van der Waals surface area contributed by atoms with Crippen LogP contribution in [0.1, 0.15) is 23.6 Å². The van der Waals surface area contributed by atoms with E-state index >= 15 is 0 Å². The van der Waals surface area contributed by atoms with Gasteiger partial charge >= 0.3 is 0 Å². The standard InChI is InChI=1S/C27H25N3O3S/c1-21-9-15-26(16-10-21)34(32,33)30(20-24-7-4-3-5-8-24)25-13-11-23(12-14-25)19-27(22(2)31)29-18-6-17-28-29/h3-19H,20H2,1-2H3/b27-19-. The molecule has 0 aliphatic rings. The van der Waals surface area contributed by atoms with Crippen LogP contribution in [0.2, 0.25) is 0 Å². The Bertz CT molecular complexity index is 1390. The first-order chi connectivity index (χ1) is 16.3. The number of aryl methyl sites for hydroxylation is 1. The molecular formula is C27H25N3O3S. The average Bonchev–Trinajstić information content (AvgIpc) is 3.37. The van der Waals surface area contributed by atoms with Crippen LogP contribution in [-0.4, -0.2) is 24.0 Å². The fraction of sp³-hybridized carbons (Fsp3) is 0.111. The predicted octanol–water partition coefficient (Wildman–Crippen LogP) is 5.17. The average molecular weight is 472 g/mol. The number of rotatable bonds is 8. The van der Waals surface area contributed by atoms with Crippen molar-refractivity contribution < 1.29 is 13.2 Å². The summed E-state index contributed by atoms with van der Waals surface area (Å²) in [6.45, 7) is 3.60. The number of hydrogen-bond donors (Lipinski definition) is 0. The molecule has 0 bridgehead atoms. The molecule has 0 spiro atoms. The monoisotopic (exact) mass is 471 g/mol. The molecule has 0 fully saturated rings. The van der Waals surface area contributed by atoms with Crippen LogP contribution in [0.3, 0.4) is 0 Å². The number of anilines is 1. The Hall–Kier alpha value is -3.97. The van der Waals surface area contributed by atoms with Crippen molar-refractivity contribution in [1.29, 1.82) is 0 Å². The van der Waals surface area contributed by atoms with E-state index in [2.05, 4.69) is 5.10 Å². The van der Waals surface area contributed by atoms with E-state index in [-0.39, 0.29) is 17.2 Å². The van der Waals surface area contributed by atoms with Gasteiger partial charge in [0.1, 0.15) is 5.70 Å². The quantitative estimate of drug-likeness (QED) is 0.332. The van der Waals surface area contributed by atoms with E-state index in [0.29, 0.717) is 11.4 Å². The van der Waals surface area contributed by atoms with Gasteiger partial charge in [0.2, 0.25) is 0 Å². The fourth-order valence-corrected chi connectivity index (χ4v) is 4.99. The second kappa shape index (κ2) is 9.89. The molecule has 0 amide bonds. The minimum atomic E-state index is -3.80. The highest BCUT2D eigenvalue weighted by Gasteiger charge is 2.25. The second-order valence-electron chi connectivity index (χ2n) is 7.94. The van der Waals surface area contributed by atoms with E-state index in [1.54, 1.807) is 73.1 Å². The molecule has 0 N–H and O–H groups in total. The minimum Gasteiger partial charge on any atom is -0.293 e. The SMILES string of the molecule is CC(=O)/C(=C/c1ccc(N(Cc2ccccc2)S(=O)(=O)c2ccc(C)cc2)cc1)n1cccn1. The van der Waals surface area contributed by atoms with Gasteiger partial charge in [0.05, 0.1) is 17.1 Å². The van der Waals surface area contributed by atoms with Crippen LogP contribution in [0.15, 0.2) is 102 Å². The van der Waals surface area contributed by atoms with E-state index in [1.807, 2.05) is 37.3 Å². The molecule has 172 valence electrons. The molecule has 4 aromatic rings. The lowest BCUT2D eigenvalue weighted by Crippen LogP contribution is -2.30. The smallest absolute Gasteiger partial charge is 0.264 e. The highest BCUT2D eigenvalue weighted by atomic mass is 32.2. The third-order valence-electron chi connectivity index (χ3n) is 5.37. The van der Waals surface area contributed by atoms with Crippen molar-refractivity contribution in [3.05, 3.63) is 114 Å². The molecule has 4 rings (SSSR count). The maximum atomic E-state index is 13.6. The first kappa shape index (κ1) is 23.2. The normalized spacial score (nSPS) is 11.9. The van der Waals surface area contributed by atoms with Crippen molar-refractivity contribution in [3.8, 4) is 0 Å². The van der Waals surface area contributed by atoms with E-state index in [4.69, 9.17) is 0 Å². The predicted molar refractivity (Wildman–Crippen MR) is 135 cm³/mol. The maximum absolute atomic E-state index is 13.6. The largest absolute Gasteiger partial charge is 0.293 e. The van der Waals surface area contributed by atoms with Crippen molar-refractivity contribution in [1.82, 2.24) is 9.78 Å². The molecule has 0 unspecified atom stereocenters. The number of aromatic nitrogens is 2. The third kappa shape index (κ3) is 5.15. The van der Waals surface area contributed by atoms with Crippen LogP contribution in [0.25, 0.3) is 11.8 Å². The van der Waals surface area contributed by atoms with Crippen LogP contribution >= 0.6 is 0 Å². The summed E-state index contributed by atoms with van der Waals surface area (Å²) in [5.74, 6) is -0.125. The molecule has 0 aliphatic heterocycles. The van der Waals surface area contributed by atoms with Gasteiger partial charge in [-0.1, -0.05) is 60.2 Å². The summed E-state index contributed by atoms with van der Waals surface area (Å²) in [5, 5.41) is 4.14. The van der Waals surface area contributed by atoms with Gasteiger partial charge in [-0.05, 0) is 54.5 Å². The maximum Gasteiger partial charge on any atom is 0.264 e. The number of sulfonamides is 1. The van der Waals surface area contributed by atoms with E-state index in [1.165, 1.54) is 15.9 Å². The van der Waals surface area contributed by atoms with Crippen molar-refractivity contribution in [2.75, 3.05) is 4.31 Å². The summed E-state index contributed by atoms with van der Waals surface area (Å²) in [6.07, 6.45) is 5.05. The van der Waals surface area contributed by atoms with Gasteiger partial charge in [-0.25, -0.2) is 13.1 Å². The number of ketones is 1. The third-order valence-corrected chi connectivity index (χ3v) is 7.16. The summed E-state index contributed by atoms with van der Waals surface area (Å²) in [5.41, 5.74) is 3.58. The molecular weight excluding hydrogens is 446 g/mol. The molecule has 6 nitrogen and oxygen atoms in total. The molecule has 7 heteroatoms. The Morgan fingerprint density at radius 3 is 2.21 bits per heavy atom. The number of carbonyl (C=O) groups excluding carboxylic acids is 1. The Morgan fingerprint density at radius 1 is 0.941 bits per heavy atom. The number of Topliss-reactive ketones (excluding diaryl/α,β-unsaturated/α-hetero) is 1. The summed E-state index contributed by atoms with van der Waals surface area (Å²) in [7, 11) is -3.80. The number of benzene rings is 3. The molecule has 0 atom stereocenters. The van der Waals surface area contributed by atoms with Crippen molar-refractivity contribution in [2.45, 2.75) is 25.3 Å². The zero-order chi connectivity index (χ0) is 24.1. The van der Waals surface area contributed by atoms with Gasteiger partial charge in [0, 0.05) is 19.3 Å². The minimum absolute atomic E-state index is 0.125. The van der Waals surface area contributed by atoms with E-state index < -0.39 is 10.0 Å². The molecule has 0 saturated heterocycles. The summed E-state index contributed by atoms with van der Waals surface area (Å²) < 4.78 is 30.1. The van der Waals surface area contributed by atoms with E-state index in [9.17, 15) is 13.2 Å². The number of carbonyl (C=O) groups is 1. The van der Waals surface area contributed by atoms with Crippen LogP contribution < -0.4 is 4.31 Å². The molecule has 1 aromatic heterocycles. The fourth-order valence-electron chi connectivity index (χ4n) is 3.54. The van der Waals surface area contributed by atoms with Gasteiger partial charge in [-0.15, -0.1) is 0 Å². The zero-order valence-electron chi connectivity index (χ0n) is 19.0. The lowest BCUT2D eigenvalue weighted by molar-refractivity contribution is -0.112. The van der Waals surface area contributed by atoms with Crippen molar-refractivity contribution in [3.63, 3.8) is 0 Å². The molecule has 0 aliphatic carbocycles. The highest BCUT2D eigenvalue weighted by molar-refractivity contribution is 7.92. The van der Waals surface area contributed by atoms with Crippen molar-refractivity contribution in [2.24, 2.45) is 0 Å². The summed E-state index contributed by atoms with van der Waals surface area (Å²) in [6, 6.07) is 25.2. The van der Waals surface area contributed by atoms with E-state index in [0.717, 1.165) is 16.7 Å². The Morgan fingerprint density at radius 2 is 1.62 bits per heavy atom. The molecule has 0 saturated carbocycles. The van der Waals surface area contributed by atoms with Gasteiger partial charge in [-0.2, -0.15) is 5.10 Å². The topological polar surface area (TPSA) is 72.3 Å². The van der Waals surface area contributed by atoms with Gasteiger partial charge in [0.25, 0.3) is 10.0 Å². The second-order valence-corrected chi connectivity index (χ2v) is 9.80.